The van der Waals surface area contributed by atoms with Crippen LogP contribution >= 0.6 is 15.9 Å². The van der Waals surface area contributed by atoms with Gasteiger partial charge < -0.3 is 14.5 Å². The Balaban J connectivity index is 1.81. The number of hydrogen-bond donors (Lipinski definition) is 1. The molecule has 2 rings (SSSR count). The second-order valence-corrected chi connectivity index (χ2v) is 4.81. The lowest BCUT2D eigenvalue weighted by Gasteiger charge is -2.29. The maximum Gasteiger partial charge on any atom is 0.169 e. The molecule has 1 aliphatic heterocycles. The molecule has 1 aliphatic rings. The lowest BCUT2D eigenvalue weighted by Crippen LogP contribution is -2.40. The summed E-state index contributed by atoms with van der Waals surface area (Å²) in [4.78, 5) is 0. The van der Waals surface area contributed by atoms with Gasteiger partial charge >= 0.3 is 0 Å². The van der Waals surface area contributed by atoms with Crippen LogP contribution in [0.5, 0.6) is 0 Å². The molecule has 2 unspecified atom stereocenters. The molecule has 15 heavy (non-hydrogen) atoms. The molecular weight excluding hydrogens is 258 g/mol. The number of rotatable bonds is 3. The Hall–Kier alpha value is -0.320. The van der Waals surface area contributed by atoms with E-state index in [-0.39, 0.29) is 0 Å². The van der Waals surface area contributed by atoms with Crippen molar-refractivity contribution in [3.63, 3.8) is 0 Å². The molecule has 1 N–H and O–H groups in total. The Kier molecular flexibility index (Phi) is 3.83. The highest BCUT2D eigenvalue weighted by Crippen LogP contribution is 2.19. The Morgan fingerprint density at radius 1 is 1.60 bits per heavy atom. The van der Waals surface area contributed by atoms with E-state index in [9.17, 15) is 0 Å². The standard InChI is InChI=1S/C11H16BrNO2/c1-8-4-5-13-6-10(8)14-7-9-2-3-11(12)15-9/h2-3,8,10,13H,4-7H2,1H3. The van der Waals surface area contributed by atoms with Gasteiger partial charge in [0.25, 0.3) is 0 Å². The van der Waals surface area contributed by atoms with Crippen LogP contribution in [0.1, 0.15) is 19.1 Å². The summed E-state index contributed by atoms with van der Waals surface area (Å²) in [6, 6.07) is 3.83. The zero-order valence-corrected chi connectivity index (χ0v) is 10.4. The van der Waals surface area contributed by atoms with Gasteiger partial charge in [0, 0.05) is 6.54 Å². The van der Waals surface area contributed by atoms with Crippen LogP contribution in [0.25, 0.3) is 0 Å². The predicted octanol–water partition coefficient (Wildman–Crippen LogP) is 2.56. The quantitative estimate of drug-likeness (QED) is 0.919. The average molecular weight is 274 g/mol. The zero-order chi connectivity index (χ0) is 10.7. The van der Waals surface area contributed by atoms with Crippen LogP contribution in [0.3, 0.4) is 0 Å². The molecule has 1 fully saturated rings. The molecular formula is C11H16BrNO2. The van der Waals surface area contributed by atoms with Crippen molar-refractivity contribution in [3.05, 3.63) is 22.6 Å². The third-order valence-corrected chi connectivity index (χ3v) is 3.25. The summed E-state index contributed by atoms with van der Waals surface area (Å²) in [5, 5.41) is 3.34. The third kappa shape index (κ3) is 3.06. The van der Waals surface area contributed by atoms with E-state index in [1.165, 1.54) is 6.42 Å². The van der Waals surface area contributed by atoms with Gasteiger partial charge in [-0.2, -0.15) is 0 Å². The van der Waals surface area contributed by atoms with Crippen molar-refractivity contribution in [2.24, 2.45) is 5.92 Å². The second-order valence-electron chi connectivity index (χ2n) is 4.03. The first-order valence-electron chi connectivity index (χ1n) is 5.32. The number of ether oxygens (including phenoxy) is 1. The smallest absolute Gasteiger partial charge is 0.169 e. The van der Waals surface area contributed by atoms with E-state index in [1.54, 1.807) is 0 Å². The third-order valence-electron chi connectivity index (χ3n) is 2.83. The first-order chi connectivity index (χ1) is 7.25. The van der Waals surface area contributed by atoms with Crippen molar-refractivity contribution >= 4 is 15.9 Å². The average Bonchev–Trinajstić information content (AvgIpc) is 2.63. The van der Waals surface area contributed by atoms with Crippen LogP contribution in [0.4, 0.5) is 0 Å². The molecule has 3 nitrogen and oxygen atoms in total. The maximum atomic E-state index is 5.82. The number of hydrogen-bond acceptors (Lipinski definition) is 3. The van der Waals surface area contributed by atoms with Gasteiger partial charge in [-0.1, -0.05) is 6.92 Å². The Bertz CT molecular complexity index is 313. The van der Waals surface area contributed by atoms with Crippen LogP contribution < -0.4 is 5.32 Å². The van der Waals surface area contributed by atoms with Crippen LogP contribution in [-0.4, -0.2) is 19.2 Å². The Labute approximate surface area is 98.3 Å². The highest BCUT2D eigenvalue weighted by molar-refractivity contribution is 9.10. The topological polar surface area (TPSA) is 34.4 Å². The van der Waals surface area contributed by atoms with Crippen molar-refractivity contribution in [2.75, 3.05) is 13.1 Å². The summed E-state index contributed by atoms with van der Waals surface area (Å²) >= 11 is 3.28. The van der Waals surface area contributed by atoms with E-state index in [2.05, 4.69) is 28.2 Å². The van der Waals surface area contributed by atoms with Crippen LogP contribution in [0, 0.1) is 5.92 Å². The van der Waals surface area contributed by atoms with Crippen molar-refractivity contribution in [1.29, 1.82) is 0 Å². The zero-order valence-electron chi connectivity index (χ0n) is 8.83. The highest BCUT2D eigenvalue weighted by Gasteiger charge is 2.21. The van der Waals surface area contributed by atoms with Crippen LogP contribution in [-0.2, 0) is 11.3 Å². The van der Waals surface area contributed by atoms with E-state index in [0.717, 1.165) is 23.5 Å². The largest absolute Gasteiger partial charge is 0.452 e. The first kappa shape index (κ1) is 11.2. The summed E-state index contributed by atoms with van der Waals surface area (Å²) in [6.45, 7) is 4.85. The molecule has 2 heterocycles. The molecule has 0 saturated carbocycles. The fourth-order valence-corrected chi connectivity index (χ4v) is 2.14. The minimum Gasteiger partial charge on any atom is -0.452 e. The number of furan rings is 1. The summed E-state index contributed by atoms with van der Waals surface area (Å²) < 4.78 is 12.0. The Morgan fingerprint density at radius 3 is 3.13 bits per heavy atom. The molecule has 0 aliphatic carbocycles. The molecule has 4 heteroatoms. The second kappa shape index (κ2) is 5.14. The molecule has 0 radical (unpaired) electrons. The minimum absolute atomic E-state index is 0.308. The monoisotopic (exact) mass is 273 g/mol. The van der Waals surface area contributed by atoms with Gasteiger partial charge in [-0.05, 0) is 46.9 Å². The molecule has 2 atom stereocenters. The molecule has 1 aromatic heterocycles. The predicted molar refractivity (Wildman–Crippen MR) is 61.6 cm³/mol. The number of nitrogens with one attached hydrogen (secondary N) is 1. The van der Waals surface area contributed by atoms with Crippen LogP contribution in [0.15, 0.2) is 21.2 Å². The van der Waals surface area contributed by atoms with Gasteiger partial charge in [-0.3, -0.25) is 0 Å². The molecule has 0 spiro atoms. The molecule has 84 valence electrons. The lowest BCUT2D eigenvalue weighted by atomic mass is 9.97. The molecule has 1 aromatic rings. The number of halogens is 1. The molecule has 0 aromatic carbocycles. The number of piperidine rings is 1. The van der Waals surface area contributed by atoms with Gasteiger partial charge in [0.2, 0.25) is 0 Å². The summed E-state index contributed by atoms with van der Waals surface area (Å²) in [6.07, 6.45) is 1.50. The molecule has 0 bridgehead atoms. The summed E-state index contributed by atoms with van der Waals surface area (Å²) in [5.74, 6) is 1.50. The molecule has 0 amide bonds. The maximum absolute atomic E-state index is 5.82. The fourth-order valence-electron chi connectivity index (χ4n) is 1.80. The van der Waals surface area contributed by atoms with E-state index >= 15 is 0 Å². The summed E-state index contributed by atoms with van der Waals surface area (Å²) in [7, 11) is 0. The van der Waals surface area contributed by atoms with Crippen molar-refractivity contribution in [1.82, 2.24) is 5.32 Å². The van der Waals surface area contributed by atoms with Gasteiger partial charge in [0.05, 0.1) is 6.10 Å². The van der Waals surface area contributed by atoms with E-state index in [4.69, 9.17) is 9.15 Å². The van der Waals surface area contributed by atoms with Gasteiger partial charge in [-0.15, -0.1) is 0 Å². The van der Waals surface area contributed by atoms with Crippen molar-refractivity contribution < 1.29 is 9.15 Å². The Morgan fingerprint density at radius 2 is 2.47 bits per heavy atom. The van der Waals surface area contributed by atoms with E-state index in [0.29, 0.717) is 18.6 Å². The van der Waals surface area contributed by atoms with Crippen LogP contribution in [0.2, 0.25) is 0 Å². The highest BCUT2D eigenvalue weighted by atomic mass is 79.9. The van der Waals surface area contributed by atoms with Crippen molar-refractivity contribution in [3.8, 4) is 0 Å². The van der Waals surface area contributed by atoms with Crippen molar-refractivity contribution in [2.45, 2.75) is 26.1 Å². The SMILES string of the molecule is CC1CCNCC1OCc1ccc(Br)o1. The summed E-state index contributed by atoms with van der Waals surface area (Å²) in [5.41, 5.74) is 0. The minimum atomic E-state index is 0.308. The lowest BCUT2D eigenvalue weighted by molar-refractivity contribution is -0.0137. The fraction of sp³-hybridized carbons (Fsp3) is 0.636. The first-order valence-corrected chi connectivity index (χ1v) is 6.11. The molecule has 1 saturated heterocycles. The van der Waals surface area contributed by atoms with E-state index in [1.807, 2.05) is 12.1 Å². The van der Waals surface area contributed by atoms with Gasteiger partial charge in [0.1, 0.15) is 12.4 Å². The van der Waals surface area contributed by atoms with Gasteiger partial charge in [-0.25, -0.2) is 0 Å². The van der Waals surface area contributed by atoms with E-state index < -0.39 is 0 Å². The normalized spacial score (nSPS) is 26.8. The van der Waals surface area contributed by atoms with Gasteiger partial charge in [0.15, 0.2) is 4.67 Å².